The third kappa shape index (κ3) is 3.81. The number of carbonyl (C=O) groups is 1. The van der Waals surface area contributed by atoms with E-state index < -0.39 is 4.92 Å². The number of hydrogen-bond acceptors (Lipinski definition) is 4. The molecule has 0 saturated heterocycles. The number of anilines is 1. The van der Waals surface area contributed by atoms with Gasteiger partial charge >= 0.3 is 0 Å². The highest BCUT2D eigenvalue weighted by atomic mass is 35.5. The maximum absolute atomic E-state index is 12.6. The van der Waals surface area contributed by atoms with Gasteiger partial charge in [-0.2, -0.15) is 0 Å². The molecule has 130 valence electrons. The Morgan fingerprint density at radius 1 is 1.32 bits per heavy atom. The van der Waals surface area contributed by atoms with Crippen molar-refractivity contribution in [1.29, 1.82) is 0 Å². The van der Waals surface area contributed by atoms with Crippen molar-refractivity contribution in [2.24, 2.45) is 0 Å². The van der Waals surface area contributed by atoms with Gasteiger partial charge in [-0.15, -0.1) is 0 Å². The Bertz CT molecular complexity index is 825. The molecule has 2 aromatic carbocycles. The average molecular weight is 360 g/mol. The fraction of sp³-hybridized carbons (Fsp3) is 0.278. The second-order valence-corrected chi connectivity index (χ2v) is 6.54. The van der Waals surface area contributed by atoms with Crippen LogP contribution in [-0.4, -0.2) is 35.9 Å². The number of halogens is 1. The van der Waals surface area contributed by atoms with Crippen molar-refractivity contribution in [3.8, 4) is 0 Å². The molecule has 0 bridgehead atoms. The molecule has 0 saturated carbocycles. The summed E-state index contributed by atoms with van der Waals surface area (Å²) in [6, 6.07) is 12.2. The topological polar surface area (TPSA) is 66.7 Å². The van der Waals surface area contributed by atoms with Crippen LogP contribution in [0.15, 0.2) is 42.5 Å². The minimum atomic E-state index is -0.452. The number of carbonyl (C=O) groups excluding carboxylic acids is 1. The van der Waals surface area contributed by atoms with Gasteiger partial charge in [0.1, 0.15) is 0 Å². The number of hydrogen-bond donors (Lipinski definition) is 0. The maximum Gasteiger partial charge on any atom is 0.269 e. The monoisotopic (exact) mass is 359 g/mol. The lowest BCUT2D eigenvalue weighted by Crippen LogP contribution is -2.37. The number of non-ortho nitro benzene ring substituents is 1. The van der Waals surface area contributed by atoms with E-state index >= 15 is 0 Å². The molecule has 0 radical (unpaired) electrons. The molecule has 0 aliphatic carbocycles. The van der Waals surface area contributed by atoms with Crippen molar-refractivity contribution in [2.45, 2.75) is 13.0 Å². The number of rotatable bonds is 5. The first-order valence-corrected chi connectivity index (χ1v) is 8.33. The zero-order chi connectivity index (χ0) is 18.0. The predicted octanol–water partition coefficient (Wildman–Crippen LogP) is 3.27. The van der Waals surface area contributed by atoms with Gasteiger partial charge in [-0.05, 0) is 36.7 Å². The Balaban J connectivity index is 1.67. The molecule has 1 heterocycles. The molecule has 2 aromatic rings. The van der Waals surface area contributed by atoms with Crippen molar-refractivity contribution in [1.82, 2.24) is 4.90 Å². The Kier molecular flexibility index (Phi) is 5.01. The van der Waals surface area contributed by atoms with E-state index in [1.54, 1.807) is 11.9 Å². The highest BCUT2D eigenvalue weighted by Gasteiger charge is 2.25. The van der Waals surface area contributed by atoms with Crippen LogP contribution in [0.2, 0.25) is 5.02 Å². The molecule has 1 aliphatic heterocycles. The number of benzene rings is 2. The molecule has 3 rings (SSSR count). The molecule has 0 atom stereocenters. The zero-order valence-corrected chi connectivity index (χ0v) is 14.6. The maximum atomic E-state index is 12.6. The molecule has 1 amide bonds. The summed E-state index contributed by atoms with van der Waals surface area (Å²) in [7, 11) is 1.80. The van der Waals surface area contributed by atoms with Crippen molar-refractivity contribution in [3.05, 3.63) is 68.7 Å². The van der Waals surface area contributed by atoms with Gasteiger partial charge in [-0.25, -0.2) is 0 Å². The van der Waals surface area contributed by atoms with Gasteiger partial charge in [0.25, 0.3) is 5.69 Å². The summed E-state index contributed by atoms with van der Waals surface area (Å²) in [6.07, 6.45) is 0.863. The lowest BCUT2D eigenvalue weighted by molar-refractivity contribution is -0.384. The number of nitro groups is 1. The first-order valence-electron chi connectivity index (χ1n) is 7.95. The molecule has 0 unspecified atom stereocenters. The van der Waals surface area contributed by atoms with Crippen LogP contribution in [0.1, 0.15) is 11.1 Å². The number of fused-ring (bicyclic) bond motifs is 1. The van der Waals surface area contributed by atoms with Gasteiger partial charge in [0, 0.05) is 35.9 Å². The first-order chi connectivity index (χ1) is 12.0. The summed E-state index contributed by atoms with van der Waals surface area (Å²) < 4.78 is 0. The fourth-order valence-electron chi connectivity index (χ4n) is 3.06. The quantitative estimate of drug-likeness (QED) is 0.607. The second kappa shape index (κ2) is 7.21. The first kappa shape index (κ1) is 17.4. The van der Waals surface area contributed by atoms with Gasteiger partial charge < -0.3 is 4.90 Å². The van der Waals surface area contributed by atoms with E-state index in [0.717, 1.165) is 12.1 Å². The van der Waals surface area contributed by atoms with Crippen molar-refractivity contribution in [3.63, 3.8) is 0 Å². The molecule has 0 N–H and O–H groups in total. The third-order valence-electron chi connectivity index (χ3n) is 4.27. The zero-order valence-electron chi connectivity index (χ0n) is 13.8. The molecule has 25 heavy (non-hydrogen) atoms. The Morgan fingerprint density at radius 3 is 2.84 bits per heavy atom. The predicted molar refractivity (Wildman–Crippen MR) is 96.9 cm³/mol. The molecule has 0 aromatic heterocycles. The number of amides is 1. The van der Waals surface area contributed by atoms with Crippen LogP contribution >= 0.6 is 11.6 Å². The van der Waals surface area contributed by atoms with E-state index in [9.17, 15) is 14.9 Å². The van der Waals surface area contributed by atoms with Crippen LogP contribution in [0.3, 0.4) is 0 Å². The van der Waals surface area contributed by atoms with Crippen molar-refractivity contribution in [2.75, 3.05) is 25.0 Å². The van der Waals surface area contributed by atoms with Crippen LogP contribution in [0.4, 0.5) is 11.4 Å². The minimum Gasteiger partial charge on any atom is -0.311 e. The fourth-order valence-corrected chi connectivity index (χ4v) is 3.23. The van der Waals surface area contributed by atoms with Gasteiger partial charge in [-0.1, -0.05) is 29.8 Å². The molecule has 1 aliphatic rings. The van der Waals surface area contributed by atoms with E-state index in [0.29, 0.717) is 23.7 Å². The molecule has 0 fully saturated rings. The number of nitro benzene ring substituents is 1. The van der Waals surface area contributed by atoms with Crippen molar-refractivity contribution >= 4 is 28.9 Å². The number of nitrogens with zero attached hydrogens (tertiary/aromatic N) is 3. The summed E-state index contributed by atoms with van der Waals surface area (Å²) in [5, 5.41) is 11.4. The summed E-state index contributed by atoms with van der Waals surface area (Å²) in [5.41, 5.74) is 2.77. The average Bonchev–Trinajstić information content (AvgIpc) is 3.00. The minimum absolute atomic E-state index is 0.00685. The molecule has 7 heteroatoms. The van der Waals surface area contributed by atoms with Crippen LogP contribution in [0.5, 0.6) is 0 Å². The smallest absolute Gasteiger partial charge is 0.269 e. The van der Waals surface area contributed by atoms with E-state index in [2.05, 4.69) is 0 Å². The molecular weight excluding hydrogens is 342 g/mol. The standard InChI is InChI=1S/C18H18ClN3O3/c1-20(11-14-10-15(22(24)25)6-7-16(14)19)12-18(23)21-9-8-13-4-2-3-5-17(13)21/h2-7,10H,8-9,11-12H2,1H3. The summed E-state index contributed by atoms with van der Waals surface area (Å²) in [5.74, 6) is 0.00834. The number of likely N-dealkylation sites (N-methyl/N-ethyl adjacent to an activating group) is 1. The van der Waals surface area contributed by atoms with Crippen LogP contribution in [0, 0.1) is 10.1 Å². The van der Waals surface area contributed by atoms with E-state index in [-0.39, 0.29) is 18.1 Å². The van der Waals surface area contributed by atoms with Crippen LogP contribution < -0.4 is 4.90 Å². The van der Waals surface area contributed by atoms with Gasteiger partial charge in [-0.3, -0.25) is 19.8 Å². The largest absolute Gasteiger partial charge is 0.311 e. The normalized spacial score (nSPS) is 13.2. The second-order valence-electron chi connectivity index (χ2n) is 6.13. The van der Waals surface area contributed by atoms with Crippen LogP contribution in [0.25, 0.3) is 0 Å². The SMILES string of the molecule is CN(CC(=O)N1CCc2ccccc21)Cc1cc([N+](=O)[O-])ccc1Cl. The van der Waals surface area contributed by atoms with Gasteiger partial charge in [0.2, 0.25) is 5.91 Å². The Morgan fingerprint density at radius 2 is 2.08 bits per heavy atom. The lowest BCUT2D eigenvalue weighted by Gasteiger charge is -2.22. The molecule has 6 nitrogen and oxygen atoms in total. The lowest BCUT2D eigenvalue weighted by atomic mass is 10.2. The van der Waals surface area contributed by atoms with E-state index in [1.165, 1.54) is 23.8 Å². The third-order valence-corrected chi connectivity index (χ3v) is 4.64. The molecule has 0 spiro atoms. The summed E-state index contributed by atoms with van der Waals surface area (Å²) >= 11 is 6.13. The summed E-state index contributed by atoms with van der Waals surface area (Å²) in [6.45, 7) is 1.26. The highest BCUT2D eigenvalue weighted by molar-refractivity contribution is 6.31. The Hall–Kier alpha value is -2.44. The van der Waals surface area contributed by atoms with Gasteiger partial charge in [0.15, 0.2) is 0 Å². The Labute approximate surface area is 150 Å². The van der Waals surface area contributed by atoms with E-state index in [1.807, 2.05) is 29.2 Å². The summed E-state index contributed by atoms with van der Waals surface area (Å²) in [4.78, 5) is 26.7. The number of para-hydroxylation sites is 1. The van der Waals surface area contributed by atoms with Crippen LogP contribution in [-0.2, 0) is 17.8 Å². The molecular formula is C18H18ClN3O3. The van der Waals surface area contributed by atoms with Gasteiger partial charge in [0.05, 0.1) is 11.5 Å². The van der Waals surface area contributed by atoms with E-state index in [4.69, 9.17) is 11.6 Å². The van der Waals surface area contributed by atoms with Crippen molar-refractivity contribution < 1.29 is 9.72 Å². The highest BCUT2D eigenvalue weighted by Crippen LogP contribution is 2.28.